The molecule has 0 N–H and O–H groups in total. The van der Waals surface area contributed by atoms with Crippen LogP contribution in [0.2, 0.25) is 0 Å². The second kappa shape index (κ2) is 9.99. The number of anilines is 1. The second-order valence-corrected chi connectivity index (χ2v) is 12.6. The van der Waals surface area contributed by atoms with Gasteiger partial charge in [0.25, 0.3) is 5.78 Å². The fourth-order valence-electron chi connectivity index (χ4n) is 6.89. The third kappa shape index (κ3) is 4.57. The molecule has 3 fully saturated rings. The van der Waals surface area contributed by atoms with E-state index < -0.39 is 5.92 Å². The van der Waals surface area contributed by atoms with Crippen molar-refractivity contribution in [1.82, 2.24) is 34.0 Å². The molecule has 12 heteroatoms. The molecule has 40 heavy (non-hydrogen) atoms. The van der Waals surface area contributed by atoms with E-state index in [4.69, 9.17) is 14.7 Å². The van der Waals surface area contributed by atoms with Crippen molar-refractivity contribution in [3.05, 3.63) is 47.0 Å². The Morgan fingerprint density at radius 1 is 1.10 bits per heavy atom. The van der Waals surface area contributed by atoms with Gasteiger partial charge in [-0.25, -0.2) is 18.2 Å². The predicted molar refractivity (Wildman–Crippen MR) is 151 cm³/mol. The highest BCUT2D eigenvalue weighted by Crippen LogP contribution is 2.51. The van der Waals surface area contributed by atoms with Gasteiger partial charge in [0, 0.05) is 55.1 Å². The number of imidazole rings is 1. The van der Waals surface area contributed by atoms with Crippen molar-refractivity contribution in [2.24, 2.45) is 5.92 Å². The van der Waals surface area contributed by atoms with Gasteiger partial charge in [-0.2, -0.15) is 4.98 Å². The topological polar surface area (TPSA) is 76.6 Å². The Hall–Kier alpha value is -2.70. The number of piperazine rings is 1. The van der Waals surface area contributed by atoms with Gasteiger partial charge < -0.3 is 14.2 Å². The Bertz CT molecular complexity index is 1510. The molecule has 1 aromatic carbocycles. The van der Waals surface area contributed by atoms with Gasteiger partial charge in [0.2, 0.25) is 5.92 Å². The maximum Gasteiger partial charge on any atom is 0.258 e. The summed E-state index contributed by atoms with van der Waals surface area (Å²) in [7, 11) is 0. The Kier molecular flexibility index (Phi) is 6.55. The third-order valence-electron chi connectivity index (χ3n) is 8.85. The van der Waals surface area contributed by atoms with Gasteiger partial charge in [0.1, 0.15) is 11.8 Å². The summed E-state index contributed by atoms with van der Waals surface area (Å²) in [6.45, 7) is 7.30. The number of alkyl halides is 2. The zero-order valence-electron chi connectivity index (χ0n) is 22.6. The van der Waals surface area contributed by atoms with Crippen LogP contribution in [0.3, 0.4) is 0 Å². The highest BCUT2D eigenvalue weighted by Gasteiger charge is 2.51. The maximum atomic E-state index is 14.1. The Labute approximate surface area is 239 Å². The van der Waals surface area contributed by atoms with Crippen LogP contribution in [-0.4, -0.2) is 77.8 Å². The smallest absolute Gasteiger partial charge is 0.258 e. The van der Waals surface area contributed by atoms with Gasteiger partial charge in [-0.15, -0.1) is 10.2 Å². The standard InChI is InChI=1S/C28H33BrF2N8O/c1-17-13-38(18(2)12-37(17)24(20-10-28(30,31)11-20)19-5-7-21(29)8-6-19)25-23-26(39-16-33-35-27(39)34-25)36(15-32-23)14-22-4-3-9-40-22/h5-8,15-18,20,22,24H,3-4,9-14H2,1-2H3/t17-,18+,22+,24?/m1/s1. The zero-order chi connectivity index (χ0) is 27.6. The lowest BCUT2D eigenvalue weighted by atomic mass is 9.73. The molecule has 1 saturated carbocycles. The van der Waals surface area contributed by atoms with Crippen molar-refractivity contribution >= 4 is 38.7 Å². The molecule has 3 aromatic heterocycles. The molecule has 3 aliphatic rings. The normalized spacial score (nSPS) is 26.5. The number of benzene rings is 1. The minimum atomic E-state index is -2.57. The van der Waals surface area contributed by atoms with Gasteiger partial charge in [0.15, 0.2) is 11.5 Å². The second-order valence-electron chi connectivity index (χ2n) is 11.7. The third-order valence-corrected chi connectivity index (χ3v) is 9.38. The van der Waals surface area contributed by atoms with Crippen molar-refractivity contribution < 1.29 is 13.5 Å². The van der Waals surface area contributed by atoms with E-state index in [-0.39, 0.29) is 43.0 Å². The lowest BCUT2D eigenvalue weighted by Crippen LogP contribution is -2.59. The Morgan fingerprint density at radius 2 is 1.90 bits per heavy atom. The van der Waals surface area contributed by atoms with Crippen LogP contribution in [0.15, 0.2) is 41.4 Å². The summed E-state index contributed by atoms with van der Waals surface area (Å²) in [6, 6.07) is 8.28. The number of rotatable bonds is 6. The number of halogens is 3. The molecule has 0 radical (unpaired) electrons. The molecule has 2 aliphatic heterocycles. The summed E-state index contributed by atoms with van der Waals surface area (Å²) in [5, 5.41) is 8.42. The number of fused-ring (bicyclic) bond motifs is 3. The van der Waals surface area contributed by atoms with E-state index in [0.717, 1.165) is 53.0 Å². The van der Waals surface area contributed by atoms with Crippen LogP contribution in [0, 0.1) is 5.92 Å². The molecule has 2 saturated heterocycles. The first-order chi connectivity index (χ1) is 19.3. The molecule has 7 rings (SSSR count). The average molecular weight is 616 g/mol. The van der Waals surface area contributed by atoms with Crippen LogP contribution in [-0.2, 0) is 11.3 Å². The van der Waals surface area contributed by atoms with Crippen molar-refractivity contribution in [1.29, 1.82) is 0 Å². The summed E-state index contributed by atoms with van der Waals surface area (Å²) < 4.78 is 39.0. The van der Waals surface area contributed by atoms with Crippen molar-refractivity contribution in [3.63, 3.8) is 0 Å². The number of hydrogen-bond acceptors (Lipinski definition) is 7. The molecular weight excluding hydrogens is 582 g/mol. The number of hydrogen-bond donors (Lipinski definition) is 0. The first kappa shape index (κ1) is 26.2. The monoisotopic (exact) mass is 614 g/mol. The van der Waals surface area contributed by atoms with Gasteiger partial charge in [0.05, 0.1) is 19.0 Å². The first-order valence-electron chi connectivity index (χ1n) is 14.1. The van der Waals surface area contributed by atoms with Gasteiger partial charge in [-0.3, -0.25) is 4.90 Å². The van der Waals surface area contributed by atoms with Crippen molar-refractivity contribution in [2.75, 3.05) is 24.6 Å². The molecule has 0 amide bonds. The van der Waals surface area contributed by atoms with Gasteiger partial charge in [-0.1, -0.05) is 28.1 Å². The van der Waals surface area contributed by atoms with E-state index in [9.17, 15) is 8.78 Å². The van der Waals surface area contributed by atoms with Crippen LogP contribution in [0.25, 0.3) is 16.9 Å². The van der Waals surface area contributed by atoms with Crippen molar-refractivity contribution in [2.45, 2.75) is 76.2 Å². The van der Waals surface area contributed by atoms with E-state index in [1.807, 2.05) is 22.9 Å². The first-order valence-corrected chi connectivity index (χ1v) is 14.9. The van der Waals surface area contributed by atoms with Crippen LogP contribution in [0.5, 0.6) is 0 Å². The summed E-state index contributed by atoms with van der Waals surface area (Å²) in [4.78, 5) is 14.5. The van der Waals surface area contributed by atoms with Crippen LogP contribution in [0.4, 0.5) is 14.6 Å². The fourth-order valence-corrected chi connectivity index (χ4v) is 7.16. The molecule has 1 aliphatic carbocycles. The Morgan fingerprint density at radius 3 is 2.62 bits per heavy atom. The lowest BCUT2D eigenvalue weighted by molar-refractivity contribution is -0.137. The predicted octanol–water partition coefficient (Wildman–Crippen LogP) is 5.10. The van der Waals surface area contributed by atoms with Crippen LogP contribution < -0.4 is 4.90 Å². The van der Waals surface area contributed by atoms with Gasteiger partial charge in [-0.05, 0) is 50.3 Å². The molecule has 5 heterocycles. The number of nitrogens with zero attached hydrogens (tertiary/aromatic N) is 8. The molecule has 0 bridgehead atoms. The van der Waals surface area contributed by atoms with E-state index in [2.05, 4.69) is 66.5 Å². The minimum Gasteiger partial charge on any atom is -0.376 e. The Balaban J connectivity index is 1.21. The largest absolute Gasteiger partial charge is 0.376 e. The highest BCUT2D eigenvalue weighted by molar-refractivity contribution is 9.10. The number of aromatic nitrogens is 6. The van der Waals surface area contributed by atoms with Gasteiger partial charge >= 0.3 is 0 Å². The summed E-state index contributed by atoms with van der Waals surface area (Å²) in [5.74, 6) is -1.33. The molecule has 1 unspecified atom stereocenters. The molecule has 4 aromatic rings. The quantitative estimate of drug-likeness (QED) is 0.299. The zero-order valence-corrected chi connectivity index (χ0v) is 24.2. The highest BCUT2D eigenvalue weighted by atomic mass is 79.9. The SMILES string of the molecule is C[C@@H]1CN(c2nc3nncn3c3c2ncn3C[C@@H]2CCCO2)[C@@H](C)CN1C(c1ccc(Br)cc1)C1CC(F)(F)C1. The number of ether oxygens (including phenoxy) is 1. The van der Waals surface area contributed by atoms with Crippen LogP contribution >= 0.6 is 15.9 Å². The minimum absolute atomic E-state index is 0.0649. The van der Waals surface area contributed by atoms with Crippen LogP contribution in [0.1, 0.15) is 51.1 Å². The van der Waals surface area contributed by atoms with E-state index in [1.165, 1.54) is 0 Å². The molecular formula is C28H33BrF2N8O. The van der Waals surface area contributed by atoms with E-state index in [1.54, 1.807) is 6.33 Å². The van der Waals surface area contributed by atoms with E-state index >= 15 is 0 Å². The maximum absolute atomic E-state index is 14.1. The summed E-state index contributed by atoms with van der Waals surface area (Å²) >= 11 is 3.52. The average Bonchev–Trinajstić information content (AvgIpc) is 3.67. The summed E-state index contributed by atoms with van der Waals surface area (Å²) in [6.07, 6.45) is 5.69. The lowest BCUT2D eigenvalue weighted by Gasteiger charge is -2.52. The van der Waals surface area contributed by atoms with E-state index in [0.29, 0.717) is 18.9 Å². The molecule has 0 spiro atoms. The summed E-state index contributed by atoms with van der Waals surface area (Å²) in [5.41, 5.74) is 2.81. The fraction of sp³-hybridized carbons (Fsp3) is 0.571. The molecule has 4 atom stereocenters. The van der Waals surface area contributed by atoms with Crippen molar-refractivity contribution in [3.8, 4) is 0 Å². The molecule has 212 valence electrons. The molecule has 9 nitrogen and oxygen atoms in total.